The van der Waals surface area contributed by atoms with E-state index < -0.39 is 0 Å². The Bertz CT molecular complexity index is 852. The minimum absolute atomic E-state index is 0.0371. The van der Waals surface area contributed by atoms with Crippen molar-refractivity contribution in [3.8, 4) is 0 Å². The van der Waals surface area contributed by atoms with Crippen LogP contribution < -0.4 is 0 Å². The van der Waals surface area contributed by atoms with Crippen molar-refractivity contribution < 1.29 is 14.3 Å². The summed E-state index contributed by atoms with van der Waals surface area (Å²) in [6.07, 6.45) is 4.42. The predicted octanol–water partition coefficient (Wildman–Crippen LogP) is 2.05. The number of hydrogen-bond donors (Lipinski definition) is 1. The zero-order valence-corrected chi connectivity index (χ0v) is 16.4. The highest BCUT2D eigenvalue weighted by Crippen LogP contribution is 2.44. The van der Waals surface area contributed by atoms with Crippen molar-refractivity contribution in [2.45, 2.75) is 43.4 Å². The number of ether oxygens (including phenoxy) is 2. The summed E-state index contributed by atoms with van der Waals surface area (Å²) in [5.41, 5.74) is 1.59. The first-order valence-corrected chi connectivity index (χ1v) is 10.3. The third-order valence-electron chi connectivity index (χ3n) is 7.04. The molecule has 0 aliphatic carbocycles. The summed E-state index contributed by atoms with van der Waals surface area (Å²) in [5, 5.41) is 8.16. The van der Waals surface area contributed by atoms with Gasteiger partial charge < -0.3 is 14.4 Å². The lowest BCUT2D eigenvalue weighted by atomic mass is 9.73. The van der Waals surface area contributed by atoms with Gasteiger partial charge in [0.05, 0.1) is 17.2 Å². The molecule has 0 radical (unpaired) electrons. The van der Waals surface area contributed by atoms with Crippen molar-refractivity contribution in [3.05, 3.63) is 30.0 Å². The maximum absolute atomic E-state index is 13.0. The number of benzene rings is 1. The number of amides is 1. The standard InChI is InChI=1S/C21H28N4O3/c1-27-18-14-25(21(18)8-12-28-13-9-21)15-6-10-24(11-7-15)20(26)19-16-4-2-3-5-17(16)22-23-19/h2-5,15,18H,6-14H2,1H3,(H,22,23). The van der Waals surface area contributed by atoms with Crippen molar-refractivity contribution in [2.24, 2.45) is 0 Å². The van der Waals surface area contributed by atoms with E-state index >= 15 is 0 Å². The molecule has 3 saturated heterocycles. The summed E-state index contributed by atoms with van der Waals surface area (Å²) in [6, 6.07) is 8.33. The summed E-state index contributed by atoms with van der Waals surface area (Å²) >= 11 is 0. The van der Waals surface area contributed by atoms with E-state index in [1.165, 1.54) is 0 Å². The average molecular weight is 384 g/mol. The number of fused-ring (bicyclic) bond motifs is 1. The van der Waals surface area contributed by atoms with Gasteiger partial charge in [-0.25, -0.2) is 0 Å². The molecule has 1 aromatic heterocycles. The normalized spacial score (nSPS) is 25.9. The zero-order chi connectivity index (χ0) is 19.1. The Kier molecular flexibility index (Phi) is 4.61. The summed E-state index contributed by atoms with van der Waals surface area (Å²) < 4.78 is 11.4. The van der Waals surface area contributed by atoms with Gasteiger partial charge in [-0.2, -0.15) is 5.10 Å². The molecule has 2 aromatic rings. The Morgan fingerprint density at radius 3 is 2.75 bits per heavy atom. The molecule has 3 aliphatic rings. The number of nitrogens with zero attached hydrogens (tertiary/aromatic N) is 3. The van der Waals surface area contributed by atoms with E-state index in [0.29, 0.717) is 17.8 Å². The molecule has 1 spiro atoms. The number of aromatic amines is 1. The zero-order valence-electron chi connectivity index (χ0n) is 16.4. The molecular formula is C21H28N4O3. The van der Waals surface area contributed by atoms with E-state index in [1.807, 2.05) is 36.3 Å². The van der Waals surface area contributed by atoms with Crippen LogP contribution in [0.3, 0.4) is 0 Å². The van der Waals surface area contributed by atoms with E-state index in [0.717, 1.165) is 69.4 Å². The number of piperidine rings is 1. The summed E-state index contributed by atoms with van der Waals surface area (Å²) in [4.78, 5) is 17.6. The van der Waals surface area contributed by atoms with Gasteiger partial charge in [0.1, 0.15) is 0 Å². The van der Waals surface area contributed by atoms with Gasteiger partial charge in [0.25, 0.3) is 5.91 Å². The highest BCUT2D eigenvalue weighted by Gasteiger charge is 2.56. The van der Waals surface area contributed by atoms with Crippen LogP contribution in [0.4, 0.5) is 0 Å². The van der Waals surface area contributed by atoms with Crippen LogP contribution in [0.15, 0.2) is 24.3 Å². The fourth-order valence-corrected chi connectivity index (χ4v) is 5.40. The van der Waals surface area contributed by atoms with Crippen LogP contribution in [-0.2, 0) is 9.47 Å². The van der Waals surface area contributed by atoms with Crippen LogP contribution in [0.1, 0.15) is 36.2 Å². The molecule has 3 aliphatic heterocycles. The number of para-hydroxylation sites is 1. The van der Waals surface area contributed by atoms with Gasteiger partial charge in [-0.05, 0) is 31.7 Å². The number of carbonyl (C=O) groups is 1. The topological polar surface area (TPSA) is 70.7 Å². The Balaban J connectivity index is 1.26. The van der Waals surface area contributed by atoms with Crippen molar-refractivity contribution in [3.63, 3.8) is 0 Å². The molecule has 7 heteroatoms. The van der Waals surface area contributed by atoms with Gasteiger partial charge in [0.15, 0.2) is 5.69 Å². The van der Waals surface area contributed by atoms with Gasteiger partial charge in [0.2, 0.25) is 0 Å². The van der Waals surface area contributed by atoms with E-state index in [9.17, 15) is 4.79 Å². The molecule has 5 rings (SSSR count). The van der Waals surface area contributed by atoms with Crippen LogP contribution in [0.5, 0.6) is 0 Å². The average Bonchev–Trinajstić information content (AvgIpc) is 3.18. The molecule has 150 valence electrons. The number of rotatable bonds is 3. The number of nitrogens with one attached hydrogen (secondary N) is 1. The maximum Gasteiger partial charge on any atom is 0.274 e. The molecule has 1 amide bonds. The first-order valence-electron chi connectivity index (χ1n) is 10.3. The molecule has 1 atom stereocenters. The largest absolute Gasteiger partial charge is 0.381 e. The molecule has 7 nitrogen and oxygen atoms in total. The van der Waals surface area contributed by atoms with Gasteiger partial charge >= 0.3 is 0 Å². The second kappa shape index (κ2) is 7.13. The number of methoxy groups -OCH3 is 1. The third-order valence-corrected chi connectivity index (χ3v) is 7.04. The van der Waals surface area contributed by atoms with Gasteiger partial charge in [-0.3, -0.25) is 14.8 Å². The quantitative estimate of drug-likeness (QED) is 0.877. The predicted molar refractivity (Wildman–Crippen MR) is 105 cm³/mol. The third kappa shape index (κ3) is 2.76. The van der Waals surface area contributed by atoms with E-state index in [4.69, 9.17) is 9.47 Å². The number of aromatic nitrogens is 2. The molecule has 0 bridgehead atoms. The first kappa shape index (κ1) is 18.1. The fraction of sp³-hybridized carbons (Fsp3) is 0.619. The second-order valence-electron chi connectivity index (χ2n) is 8.23. The van der Waals surface area contributed by atoms with Crippen molar-refractivity contribution in [1.29, 1.82) is 0 Å². The molecule has 0 saturated carbocycles. The molecular weight excluding hydrogens is 356 g/mol. The number of carbonyl (C=O) groups excluding carboxylic acids is 1. The second-order valence-corrected chi connectivity index (χ2v) is 8.23. The summed E-state index contributed by atoms with van der Waals surface area (Å²) in [7, 11) is 1.83. The van der Waals surface area contributed by atoms with E-state index in [2.05, 4.69) is 15.1 Å². The Labute approximate surface area is 165 Å². The molecule has 4 heterocycles. The molecule has 28 heavy (non-hydrogen) atoms. The van der Waals surface area contributed by atoms with Crippen molar-refractivity contribution >= 4 is 16.8 Å². The number of hydrogen-bond acceptors (Lipinski definition) is 5. The lowest BCUT2D eigenvalue weighted by molar-refractivity contribution is -0.207. The van der Waals surface area contributed by atoms with Gasteiger partial charge in [-0.15, -0.1) is 0 Å². The Morgan fingerprint density at radius 1 is 1.25 bits per heavy atom. The fourth-order valence-electron chi connectivity index (χ4n) is 5.40. The Morgan fingerprint density at radius 2 is 2.00 bits per heavy atom. The lowest BCUT2D eigenvalue weighted by Crippen LogP contribution is -2.75. The molecule has 1 aromatic carbocycles. The van der Waals surface area contributed by atoms with Gasteiger partial charge in [0, 0.05) is 51.4 Å². The van der Waals surface area contributed by atoms with E-state index in [-0.39, 0.29) is 11.4 Å². The number of H-pyrrole nitrogens is 1. The highest BCUT2D eigenvalue weighted by atomic mass is 16.5. The van der Waals surface area contributed by atoms with Crippen LogP contribution >= 0.6 is 0 Å². The Hall–Kier alpha value is -1.96. The van der Waals surface area contributed by atoms with Crippen LogP contribution in [0, 0.1) is 0 Å². The van der Waals surface area contributed by atoms with Crippen LogP contribution in [0.2, 0.25) is 0 Å². The monoisotopic (exact) mass is 384 g/mol. The lowest BCUT2D eigenvalue weighted by Gasteiger charge is -2.63. The molecule has 1 unspecified atom stereocenters. The summed E-state index contributed by atoms with van der Waals surface area (Å²) in [5.74, 6) is 0.0371. The minimum atomic E-state index is 0.0371. The SMILES string of the molecule is COC1CN(C2CCN(C(=O)c3n[nH]c4ccccc34)CC2)C12CCOCC2. The first-order chi connectivity index (χ1) is 13.7. The van der Waals surface area contributed by atoms with Crippen LogP contribution in [-0.4, -0.2) is 83.5 Å². The minimum Gasteiger partial charge on any atom is -0.381 e. The van der Waals surface area contributed by atoms with Crippen LogP contribution in [0.25, 0.3) is 10.9 Å². The molecule has 1 N–H and O–H groups in total. The smallest absolute Gasteiger partial charge is 0.274 e. The number of likely N-dealkylation sites (tertiary alicyclic amines) is 2. The van der Waals surface area contributed by atoms with Gasteiger partial charge in [-0.1, -0.05) is 18.2 Å². The molecule has 3 fully saturated rings. The van der Waals surface area contributed by atoms with Crippen molar-refractivity contribution in [2.75, 3.05) is 40.0 Å². The van der Waals surface area contributed by atoms with Crippen molar-refractivity contribution in [1.82, 2.24) is 20.0 Å². The summed E-state index contributed by atoms with van der Waals surface area (Å²) in [6.45, 7) is 4.20. The van der Waals surface area contributed by atoms with E-state index in [1.54, 1.807) is 0 Å². The highest BCUT2D eigenvalue weighted by molar-refractivity contribution is 6.04. The maximum atomic E-state index is 13.0.